The van der Waals surface area contributed by atoms with Crippen molar-refractivity contribution >= 4 is 11.7 Å². The molecular formula is C12H17IN3O3-. The van der Waals surface area contributed by atoms with Crippen molar-refractivity contribution in [3.05, 3.63) is 17.8 Å². The number of alkyl halides is 1. The molecule has 0 bridgehead atoms. The molecule has 1 fully saturated rings. The van der Waals surface area contributed by atoms with E-state index in [0.717, 1.165) is 17.4 Å². The van der Waals surface area contributed by atoms with Crippen molar-refractivity contribution in [3.8, 4) is 5.88 Å². The van der Waals surface area contributed by atoms with Crippen LogP contribution in [0.1, 0.15) is 16.9 Å². The number of hydrogen-bond donors (Lipinski definition) is 1. The normalized spacial score (nSPS) is 20.4. The second kappa shape index (κ2) is 6.38. The molecule has 2 rings (SSSR count). The van der Waals surface area contributed by atoms with Gasteiger partial charge in [-0.05, 0) is 0 Å². The van der Waals surface area contributed by atoms with Gasteiger partial charge in [0.15, 0.2) is 0 Å². The second-order valence-corrected chi connectivity index (χ2v) is 7.46. The summed E-state index contributed by atoms with van der Waals surface area (Å²) in [5.41, 5.74) is 6.38. The van der Waals surface area contributed by atoms with Crippen LogP contribution in [0.25, 0.3) is 0 Å². The van der Waals surface area contributed by atoms with Gasteiger partial charge in [-0.3, -0.25) is 0 Å². The molecule has 1 aromatic heterocycles. The summed E-state index contributed by atoms with van der Waals surface area (Å²) in [6, 6.07) is 3.13. The third-order valence-electron chi connectivity index (χ3n) is 2.71. The van der Waals surface area contributed by atoms with Gasteiger partial charge in [-0.2, -0.15) is 0 Å². The van der Waals surface area contributed by atoms with Crippen LogP contribution < -0.4 is 31.9 Å². The van der Waals surface area contributed by atoms with Crippen LogP contribution >= 0.6 is 0 Å². The number of rotatable bonds is 3. The van der Waals surface area contributed by atoms with Gasteiger partial charge in [0.05, 0.1) is 0 Å². The topological polar surface area (TPSA) is 77.7 Å². The zero-order chi connectivity index (χ0) is 13.8. The van der Waals surface area contributed by atoms with Gasteiger partial charge in [0.2, 0.25) is 0 Å². The zero-order valence-electron chi connectivity index (χ0n) is 10.9. The summed E-state index contributed by atoms with van der Waals surface area (Å²) in [6.45, 7) is 1.05. The van der Waals surface area contributed by atoms with Crippen molar-refractivity contribution in [1.82, 2.24) is 8.10 Å². The molecule has 1 saturated heterocycles. The van der Waals surface area contributed by atoms with Crippen molar-refractivity contribution in [2.45, 2.75) is 12.5 Å². The molecule has 106 valence electrons. The summed E-state index contributed by atoms with van der Waals surface area (Å²) in [6.07, 6.45) is 1.14. The molecule has 1 aliphatic heterocycles. The molecule has 0 aliphatic carbocycles. The van der Waals surface area contributed by atoms with Crippen LogP contribution in [0.5, 0.6) is 5.88 Å². The molecule has 1 unspecified atom stereocenters. The number of nitrogen functional groups attached to an aromatic ring is 1. The number of methoxy groups -OCH3 is 1. The van der Waals surface area contributed by atoms with Gasteiger partial charge in [0, 0.05) is 0 Å². The fourth-order valence-electron chi connectivity index (χ4n) is 1.71. The Kier molecular flexibility index (Phi) is 4.81. The Balaban J connectivity index is 2.07. The number of nitrogens with two attached hydrogens (primary N) is 1. The Morgan fingerprint density at radius 1 is 1.58 bits per heavy atom. The molecular weight excluding hydrogens is 361 g/mol. The standard InChI is InChI=1S/C12H17IN3O3/c1-16-4-3-9(7-13-16)19-11-6-8(14)5-10(15-11)12(17)18-2/h5-6,9H,3-4,7H2,1-2H3,(H2,14,15)/q-1. The van der Waals surface area contributed by atoms with Gasteiger partial charge in [0.1, 0.15) is 0 Å². The SMILES string of the molecule is COC(=O)c1cc(N)cc(OC2CCN(C)[I-]C2)n1. The molecule has 2 heterocycles. The first-order chi connectivity index (χ1) is 9.08. The van der Waals surface area contributed by atoms with E-state index >= 15 is 0 Å². The predicted molar refractivity (Wildman–Crippen MR) is 66.5 cm³/mol. The monoisotopic (exact) mass is 378 g/mol. The first-order valence-electron chi connectivity index (χ1n) is 5.91. The number of carbonyl (C=O) groups excluding carboxylic acids is 1. The minimum absolute atomic E-state index is 0.0393. The third kappa shape index (κ3) is 3.93. The average Bonchev–Trinajstić information content (AvgIpc) is 2.40. The van der Waals surface area contributed by atoms with Crippen LogP contribution in [0.15, 0.2) is 12.1 Å². The Hall–Kier alpha value is -1.09. The Labute approximate surface area is 122 Å². The van der Waals surface area contributed by atoms with Crippen LogP contribution in [0.2, 0.25) is 0 Å². The fourth-order valence-corrected chi connectivity index (χ4v) is 4.06. The fraction of sp³-hybridized carbons (Fsp3) is 0.500. The summed E-state index contributed by atoms with van der Waals surface area (Å²) >= 11 is 0.0393. The summed E-state index contributed by atoms with van der Waals surface area (Å²) in [5, 5.41) is 0. The molecule has 0 aromatic carbocycles. The van der Waals surface area contributed by atoms with E-state index in [-0.39, 0.29) is 33.3 Å². The van der Waals surface area contributed by atoms with Crippen LogP contribution in [-0.4, -0.2) is 45.3 Å². The summed E-state index contributed by atoms with van der Waals surface area (Å²) in [5.74, 6) is -0.105. The Morgan fingerprint density at radius 3 is 3.00 bits per heavy atom. The van der Waals surface area contributed by atoms with E-state index < -0.39 is 5.97 Å². The summed E-state index contributed by atoms with van der Waals surface area (Å²) in [4.78, 5) is 15.6. The minimum atomic E-state index is -0.507. The Bertz CT molecular complexity index is 462. The number of aromatic nitrogens is 1. The van der Waals surface area contributed by atoms with Gasteiger partial charge in [0.25, 0.3) is 0 Å². The maximum absolute atomic E-state index is 11.5. The number of esters is 1. The van der Waals surface area contributed by atoms with Crippen molar-refractivity contribution in [1.29, 1.82) is 0 Å². The second-order valence-electron chi connectivity index (χ2n) is 4.25. The number of ether oxygens (including phenoxy) is 2. The van der Waals surface area contributed by atoms with E-state index in [1.807, 2.05) is 0 Å². The van der Waals surface area contributed by atoms with Crippen LogP contribution in [-0.2, 0) is 4.74 Å². The van der Waals surface area contributed by atoms with E-state index in [4.69, 9.17) is 10.5 Å². The molecule has 2 N–H and O–H groups in total. The summed E-state index contributed by atoms with van der Waals surface area (Å²) in [7, 11) is 3.45. The van der Waals surface area contributed by atoms with Gasteiger partial charge >= 0.3 is 123 Å². The number of carbonyl (C=O) groups is 1. The van der Waals surface area contributed by atoms with Gasteiger partial charge in [-0.1, -0.05) is 0 Å². The molecule has 0 saturated carbocycles. The molecule has 19 heavy (non-hydrogen) atoms. The van der Waals surface area contributed by atoms with Crippen LogP contribution in [0.3, 0.4) is 0 Å². The van der Waals surface area contributed by atoms with Gasteiger partial charge < -0.3 is 0 Å². The molecule has 0 amide bonds. The van der Waals surface area contributed by atoms with Crippen molar-refractivity contribution < 1.29 is 35.7 Å². The van der Waals surface area contributed by atoms with Crippen molar-refractivity contribution in [3.63, 3.8) is 0 Å². The zero-order valence-corrected chi connectivity index (χ0v) is 13.1. The number of halogens is 1. The number of pyridine rings is 1. The van der Waals surface area contributed by atoms with Gasteiger partial charge in [-0.15, -0.1) is 0 Å². The molecule has 7 heteroatoms. The van der Waals surface area contributed by atoms with Crippen LogP contribution in [0.4, 0.5) is 5.69 Å². The Morgan fingerprint density at radius 2 is 2.37 bits per heavy atom. The first kappa shape index (κ1) is 14.3. The van der Waals surface area contributed by atoms with E-state index in [2.05, 4.69) is 19.9 Å². The van der Waals surface area contributed by atoms with Crippen molar-refractivity contribution in [2.24, 2.45) is 0 Å². The van der Waals surface area contributed by atoms with Crippen LogP contribution in [0, 0.1) is 0 Å². The summed E-state index contributed by atoms with van der Waals surface area (Å²) < 4.78 is 13.9. The van der Waals surface area contributed by atoms with E-state index in [0.29, 0.717) is 11.6 Å². The predicted octanol–water partition coefficient (Wildman–Crippen LogP) is -2.46. The van der Waals surface area contributed by atoms with E-state index in [1.54, 1.807) is 6.07 Å². The molecule has 0 radical (unpaired) electrons. The molecule has 1 aromatic rings. The number of hydrogen-bond acceptors (Lipinski definition) is 6. The van der Waals surface area contributed by atoms with E-state index in [9.17, 15) is 4.79 Å². The average molecular weight is 378 g/mol. The molecule has 1 aliphatic rings. The molecule has 0 spiro atoms. The van der Waals surface area contributed by atoms with Crippen molar-refractivity contribution in [2.75, 3.05) is 30.9 Å². The number of anilines is 1. The number of nitrogens with zero attached hydrogens (tertiary/aromatic N) is 2. The molecule has 1 atom stereocenters. The third-order valence-corrected chi connectivity index (χ3v) is 5.73. The van der Waals surface area contributed by atoms with Gasteiger partial charge in [-0.25, -0.2) is 0 Å². The van der Waals surface area contributed by atoms with E-state index in [1.165, 1.54) is 13.2 Å². The maximum atomic E-state index is 11.5. The quantitative estimate of drug-likeness (QED) is 0.272. The molecule has 6 nitrogen and oxygen atoms in total. The first-order valence-corrected chi connectivity index (χ1v) is 8.40.